The third kappa shape index (κ3) is 3.87. The summed E-state index contributed by atoms with van der Waals surface area (Å²) in [4.78, 5) is 36.9. The van der Waals surface area contributed by atoms with Gasteiger partial charge in [-0.2, -0.15) is 0 Å². The van der Waals surface area contributed by atoms with Crippen molar-refractivity contribution in [1.82, 2.24) is 0 Å². The summed E-state index contributed by atoms with van der Waals surface area (Å²) in [6.45, 7) is 2.94. The van der Waals surface area contributed by atoms with Crippen molar-refractivity contribution in [2.24, 2.45) is 5.41 Å². The van der Waals surface area contributed by atoms with Gasteiger partial charge in [-0.05, 0) is 45.2 Å². The van der Waals surface area contributed by atoms with Gasteiger partial charge < -0.3 is 9.47 Å². The molecule has 0 fully saturated rings. The number of sulfone groups is 1. The molecule has 0 N–H and O–H groups in total. The molecule has 2 rings (SSSR count). The molecule has 8 heteroatoms. The highest BCUT2D eigenvalue weighted by Crippen LogP contribution is 2.46. The van der Waals surface area contributed by atoms with Crippen LogP contribution >= 0.6 is 0 Å². The Kier molecular flexibility index (Phi) is 6.44. The van der Waals surface area contributed by atoms with E-state index in [0.29, 0.717) is 11.1 Å². The van der Waals surface area contributed by atoms with E-state index < -0.39 is 38.2 Å². The molecule has 1 aromatic carbocycles. The summed E-state index contributed by atoms with van der Waals surface area (Å²) >= 11 is 0. The smallest absolute Gasteiger partial charge is 0.323 e. The van der Waals surface area contributed by atoms with Crippen LogP contribution in [0.4, 0.5) is 0 Å². The molecule has 1 atom stereocenters. The summed E-state index contributed by atoms with van der Waals surface area (Å²) in [5.41, 5.74) is -0.276. The number of rotatable bonds is 7. The first-order valence-electron chi connectivity index (χ1n) is 8.74. The molecule has 28 heavy (non-hydrogen) atoms. The van der Waals surface area contributed by atoms with Crippen molar-refractivity contribution in [2.75, 3.05) is 14.2 Å². The fraction of sp³-hybridized carbons (Fsp3) is 0.450. The maximum atomic E-state index is 13.0. The predicted octanol–water partition coefficient (Wildman–Crippen LogP) is 2.25. The van der Waals surface area contributed by atoms with Crippen molar-refractivity contribution < 1.29 is 32.3 Å². The predicted molar refractivity (Wildman–Crippen MR) is 101 cm³/mol. The molecular weight excluding hydrogens is 384 g/mol. The first-order chi connectivity index (χ1) is 13.1. The highest BCUT2D eigenvalue weighted by molar-refractivity contribution is 7.92. The highest BCUT2D eigenvalue weighted by Gasteiger charge is 2.53. The first-order valence-corrected chi connectivity index (χ1v) is 10.3. The molecule has 0 heterocycles. The van der Waals surface area contributed by atoms with E-state index in [4.69, 9.17) is 9.47 Å². The molecule has 0 spiro atoms. The Morgan fingerprint density at radius 2 is 1.57 bits per heavy atom. The second kappa shape index (κ2) is 8.26. The molecule has 1 aromatic rings. The van der Waals surface area contributed by atoms with Gasteiger partial charge in [0, 0.05) is 0 Å². The van der Waals surface area contributed by atoms with E-state index in [-0.39, 0.29) is 24.2 Å². The van der Waals surface area contributed by atoms with Crippen LogP contribution in [-0.4, -0.2) is 45.6 Å². The summed E-state index contributed by atoms with van der Waals surface area (Å²) in [5.74, 6) is -1.98. The normalized spacial score (nSPS) is 17.1. The van der Waals surface area contributed by atoms with Gasteiger partial charge in [0.1, 0.15) is 11.0 Å². The molecular formula is C20H24O7S. The van der Waals surface area contributed by atoms with Gasteiger partial charge in [0.05, 0.1) is 19.1 Å². The quantitative estimate of drug-likeness (QED) is 0.387. The van der Waals surface area contributed by atoms with Crippen LogP contribution in [0.3, 0.4) is 0 Å². The molecule has 0 bridgehead atoms. The number of ketones is 1. The van der Waals surface area contributed by atoms with E-state index in [0.717, 1.165) is 0 Å². The highest BCUT2D eigenvalue weighted by atomic mass is 32.2. The SMILES string of the molecule is COC(=O)C1(C(=O)OC)CC(C)=C(CC(C(C)=O)S(=O)(=O)c2ccccc2)C1. The van der Waals surface area contributed by atoms with E-state index in [9.17, 15) is 22.8 Å². The van der Waals surface area contributed by atoms with Gasteiger partial charge in [-0.15, -0.1) is 0 Å². The molecule has 0 aliphatic heterocycles. The van der Waals surface area contributed by atoms with Crippen molar-refractivity contribution in [3.8, 4) is 0 Å². The number of esters is 2. The maximum Gasteiger partial charge on any atom is 0.323 e. The number of hydrogen-bond acceptors (Lipinski definition) is 7. The molecule has 0 saturated heterocycles. The first kappa shape index (κ1) is 21.8. The lowest BCUT2D eigenvalue weighted by molar-refractivity contribution is -0.168. The number of carbonyl (C=O) groups is 3. The van der Waals surface area contributed by atoms with Crippen molar-refractivity contribution in [3.05, 3.63) is 41.5 Å². The Hall–Kier alpha value is -2.48. The van der Waals surface area contributed by atoms with Crippen LogP contribution in [0.5, 0.6) is 0 Å². The molecule has 152 valence electrons. The molecule has 0 amide bonds. The number of carbonyl (C=O) groups excluding carboxylic acids is 3. The summed E-state index contributed by atoms with van der Waals surface area (Å²) in [7, 11) is -1.56. The average molecular weight is 408 g/mol. The Morgan fingerprint density at radius 3 is 2.04 bits per heavy atom. The van der Waals surface area contributed by atoms with Crippen molar-refractivity contribution in [3.63, 3.8) is 0 Å². The average Bonchev–Trinajstić information content (AvgIpc) is 3.02. The Morgan fingerprint density at radius 1 is 1.04 bits per heavy atom. The van der Waals surface area contributed by atoms with E-state index in [1.54, 1.807) is 25.1 Å². The van der Waals surface area contributed by atoms with E-state index in [1.165, 1.54) is 33.3 Å². The third-order valence-corrected chi connectivity index (χ3v) is 7.35. The summed E-state index contributed by atoms with van der Waals surface area (Å²) in [5, 5.41) is -1.30. The number of benzene rings is 1. The second-order valence-corrected chi connectivity index (χ2v) is 9.09. The standard InChI is InChI=1S/C20H24O7S/c1-13-11-20(18(22)26-3,19(23)27-4)12-15(13)10-17(14(2)21)28(24,25)16-8-6-5-7-9-16/h5-9,17H,10-12H2,1-4H3. The summed E-state index contributed by atoms with van der Waals surface area (Å²) < 4.78 is 35.6. The lowest BCUT2D eigenvalue weighted by atomic mass is 9.83. The minimum absolute atomic E-state index is 0.0354. The summed E-state index contributed by atoms with van der Waals surface area (Å²) in [6, 6.07) is 7.74. The Balaban J connectivity index is 2.39. The third-order valence-electron chi connectivity index (χ3n) is 5.17. The van der Waals surface area contributed by atoms with Gasteiger partial charge in [0.25, 0.3) is 0 Å². The number of allylic oxidation sites excluding steroid dienone is 2. The fourth-order valence-electron chi connectivity index (χ4n) is 3.63. The summed E-state index contributed by atoms with van der Waals surface area (Å²) in [6.07, 6.45) is -0.0574. The Bertz CT molecular complexity index is 897. The minimum atomic E-state index is -3.92. The van der Waals surface area contributed by atoms with Crippen molar-refractivity contribution >= 4 is 27.6 Å². The molecule has 1 aliphatic rings. The van der Waals surface area contributed by atoms with Crippen LogP contribution in [-0.2, 0) is 33.7 Å². The molecule has 0 radical (unpaired) electrons. The van der Waals surface area contributed by atoms with Crippen molar-refractivity contribution in [1.29, 1.82) is 0 Å². The minimum Gasteiger partial charge on any atom is -0.468 e. The molecule has 7 nitrogen and oxygen atoms in total. The van der Waals surface area contributed by atoms with Crippen LogP contribution in [0.1, 0.15) is 33.1 Å². The largest absolute Gasteiger partial charge is 0.468 e. The van der Waals surface area contributed by atoms with Crippen molar-refractivity contribution in [2.45, 2.75) is 43.3 Å². The van der Waals surface area contributed by atoms with Gasteiger partial charge in [0.15, 0.2) is 15.3 Å². The van der Waals surface area contributed by atoms with Gasteiger partial charge >= 0.3 is 11.9 Å². The lowest BCUT2D eigenvalue weighted by Crippen LogP contribution is -2.39. The van der Waals surface area contributed by atoms with Gasteiger partial charge in [-0.25, -0.2) is 8.42 Å². The number of hydrogen-bond donors (Lipinski definition) is 0. The van der Waals surface area contributed by atoms with Gasteiger partial charge in [-0.3, -0.25) is 14.4 Å². The monoisotopic (exact) mass is 408 g/mol. The van der Waals surface area contributed by atoms with E-state index >= 15 is 0 Å². The zero-order chi connectivity index (χ0) is 21.1. The van der Waals surface area contributed by atoms with E-state index in [2.05, 4.69) is 0 Å². The number of Topliss-reactive ketones (excluding diaryl/α,β-unsaturated/α-hetero) is 1. The Labute approximate surface area is 164 Å². The van der Waals surface area contributed by atoms with Crippen LogP contribution < -0.4 is 0 Å². The number of ether oxygens (including phenoxy) is 2. The molecule has 0 aromatic heterocycles. The van der Waals surface area contributed by atoms with Crippen LogP contribution in [0.15, 0.2) is 46.4 Å². The zero-order valence-electron chi connectivity index (χ0n) is 16.4. The fourth-order valence-corrected chi connectivity index (χ4v) is 5.36. The zero-order valence-corrected chi connectivity index (χ0v) is 17.2. The lowest BCUT2D eigenvalue weighted by Gasteiger charge is -2.24. The van der Waals surface area contributed by atoms with Gasteiger partial charge in [-0.1, -0.05) is 29.3 Å². The van der Waals surface area contributed by atoms with Crippen LogP contribution in [0.2, 0.25) is 0 Å². The number of methoxy groups -OCH3 is 2. The van der Waals surface area contributed by atoms with Gasteiger partial charge in [0.2, 0.25) is 0 Å². The van der Waals surface area contributed by atoms with E-state index in [1.807, 2.05) is 0 Å². The molecule has 1 aliphatic carbocycles. The molecule has 1 unspecified atom stereocenters. The topological polar surface area (TPSA) is 104 Å². The second-order valence-electron chi connectivity index (χ2n) is 6.96. The van der Waals surface area contributed by atoms with Crippen LogP contribution in [0.25, 0.3) is 0 Å². The van der Waals surface area contributed by atoms with Crippen LogP contribution in [0, 0.1) is 5.41 Å². The molecule has 0 saturated carbocycles. The maximum absolute atomic E-state index is 13.0.